The lowest BCUT2D eigenvalue weighted by Gasteiger charge is -2.15. The van der Waals surface area contributed by atoms with Crippen molar-refractivity contribution in [2.24, 2.45) is 0 Å². The number of hydrogen-bond acceptors (Lipinski definition) is 7. The fourth-order valence-corrected chi connectivity index (χ4v) is 3.34. The number of esters is 1. The van der Waals surface area contributed by atoms with E-state index in [-0.39, 0.29) is 11.2 Å². The van der Waals surface area contributed by atoms with Crippen LogP contribution in [0.2, 0.25) is 0 Å². The number of hydrogen-bond donors (Lipinski definition) is 0. The van der Waals surface area contributed by atoms with Gasteiger partial charge >= 0.3 is 5.97 Å². The highest BCUT2D eigenvalue weighted by molar-refractivity contribution is 8.00. The zero-order chi connectivity index (χ0) is 16.4. The highest BCUT2D eigenvalue weighted by Gasteiger charge is 2.28. The molecule has 8 heteroatoms. The molecule has 1 aliphatic rings. The van der Waals surface area contributed by atoms with Crippen molar-refractivity contribution in [1.29, 1.82) is 0 Å². The normalized spacial score (nSPS) is 14.5. The van der Waals surface area contributed by atoms with Crippen LogP contribution < -0.4 is 9.64 Å². The van der Waals surface area contributed by atoms with Crippen molar-refractivity contribution in [2.75, 3.05) is 25.7 Å². The Hall–Kier alpha value is -2.22. The van der Waals surface area contributed by atoms with Crippen molar-refractivity contribution in [3.8, 4) is 5.75 Å². The van der Waals surface area contributed by atoms with Gasteiger partial charge in [0.2, 0.25) is 5.95 Å². The molecule has 1 atom stereocenters. The first kappa shape index (κ1) is 15.7. The molecule has 1 aliphatic heterocycles. The molecule has 1 aromatic carbocycles. The highest BCUT2D eigenvalue weighted by atomic mass is 32.2. The average Bonchev–Trinajstić information content (AvgIpc) is 3.17. The molecule has 2 heterocycles. The number of carbonyl (C=O) groups is 1. The summed E-state index contributed by atoms with van der Waals surface area (Å²) in [4.78, 5) is 13.7. The number of rotatable bonds is 5. The van der Waals surface area contributed by atoms with Crippen molar-refractivity contribution >= 4 is 29.4 Å². The van der Waals surface area contributed by atoms with Gasteiger partial charge in [-0.2, -0.15) is 0 Å². The molecule has 0 bridgehead atoms. The van der Waals surface area contributed by atoms with Crippen molar-refractivity contribution in [3.05, 3.63) is 24.3 Å². The summed E-state index contributed by atoms with van der Waals surface area (Å²) < 4.78 is 12.0. The van der Waals surface area contributed by atoms with Gasteiger partial charge in [0, 0.05) is 18.8 Å². The fourth-order valence-electron chi connectivity index (χ4n) is 2.44. The quantitative estimate of drug-likeness (QED) is 0.612. The molecule has 2 aromatic rings. The summed E-state index contributed by atoms with van der Waals surface area (Å²) in [7, 11) is 3.03. The second kappa shape index (κ2) is 6.49. The number of thioether (sulfide) groups is 1. The first-order valence-electron chi connectivity index (χ1n) is 7.23. The van der Waals surface area contributed by atoms with Crippen molar-refractivity contribution in [1.82, 2.24) is 14.8 Å². The molecule has 0 saturated heterocycles. The van der Waals surface area contributed by atoms with E-state index in [1.165, 1.54) is 18.9 Å². The van der Waals surface area contributed by atoms with Gasteiger partial charge in [0.25, 0.3) is 0 Å². The summed E-state index contributed by atoms with van der Waals surface area (Å²) in [5.41, 5.74) is 1.04. The summed E-state index contributed by atoms with van der Waals surface area (Å²) in [5, 5.41) is 8.89. The Morgan fingerprint density at radius 3 is 2.61 bits per heavy atom. The van der Waals surface area contributed by atoms with Crippen LogP contribution in [0.1, 0.15) is 6.92 Å². The number of aromatic nitrogens is 3. The van der Waals surface area contributed by atoms with Gasteiger partial charge < -0.3 is 14.4 Å². The van der Waals surface area contributed by atoms with E-state index in [4.69, 9.17) is 9.47 Å². The summed E-state index contributed by atoms with van der Waals surface area (Å²) in [6.07, 6.45) is 0. The molecule has 0 radical (unpaired) electrons. The first-order valence-corrected chi connectivity index (χ1v) is 8.11. The van der Waals surface area contributed by atoms with Crippen LogP contribution in [0, 0.1) is 0 Å². The maximum absolute atomic E-state index is 11.6. The van der Waals surface area contributed by atoms with Gasteiger partial charge in [-0.3, -0.25) is 9.36 Å². The third-order valence-corrected chi connectivity index (χ3v) is 4.74. The van der Waals surface area contributed by atoms with Gasteiger partial charge in [-0.1, -0.05) is 11.8 Å². The molecule has 3 rings (SSSR count). The Morgan fingerprint density at radius 2 is 1.96 bits per heavy atom. The van der Waals surface area contributed by atoms with Crippen molar-refractivity contribution in [3.63, 3.8) is 0 Å². The molecule has 0 aliphatic carbocycles. The van der Waals surface area contributed by atoms with Crippen molar-refractivity contribution in [2.45, 2.75) is 23.9 Å². The van der Waals surface area contributed by atoms with Crippen LogP contribution in [-0.2, 0) is 16.1 Å². The van der Waals surface area contributed by atoms with E-state index >= 15 is 0 Å². The Morgan fingerprint density at radius 1 is 1.22 bits per heavy atom. The second-order valence-electron chi connectivity index (χ2n) is 5.07. The SMILES string of the molecule is COC(=O)C(C)Sc1nnc2n1CCN2c1ccc(OC)cc1. The van der Waals surface area contributed by atoms with Crippen LogP contribution in [-0.4, -0.2) is 46.7 Å². The number of anilines is 2. The van der Waals surface area contributed by atoms with E-state index in [1.807, 2.05) is 28.8 Å². The topological polar surface area (TPSA) is 69.5 Å². The van der Waals surface area contributed by atoms with Crippen molar-refractivity contribution < 1.29 is 14.3 Å². The summed E-state index contributed by atoms with van der Waals surface area (Å²) in [6, 6.07) is 7.83. The van der Waals surface area contributed by atoms with Gasteiger partial charge in [-0.25, -0.2) is 0 Å². The van der Waals surface area contributed by atoms with Crippen LogP contribution in [0.15, 0.2) is 29.4 Å². The van der Waals surface area contributed by atoms with E-state index in [1.54, 1.807) is 14.0 Å². The van der Waals surface area contributed by atoms with Crippen LogP contribution in [0.3, 0.4) is 0 Å². The molecular formula is C15H18N4O3S. The lowest BCUT2D eigenvalue weighted by molar-refractivity contribution is -0.139. The zero-order valence-electron chi connectivity index (χ0n) is 13.2. The number of fused-ring (bicyclic) bond motifs is 1. The molecule has 1 aromatic heterocycles. The Labute approximate surface area is 138 Å². The Kier molecular flexibility index (Phi) is 4.42. The van der Waals surface area contributed by atoms with Gasteiger partial charge in [0.05, 0.1) is 14.2 Å². The van der Waals surface area contributed by atoms with E-state index in [2.05, 4.69) is 15.1 Å². The van der Waals surface area contributed by atoms with E-state index in [0.717, 1.165) is 35.6 Å². The Balaban J connectivity index is 1.80. The first-order chi connectivity index (χ1) is 11.1. The largest absolute Gasteiger partial charge is 0.497 e. The molecule has 0 amide bonds. The molecule has 7 nitrogen and oxygen atoms in total. The van der Waals surface area contributed by atoms with Gasteiger partial charge in [-0.05, 0) is 31.2 Å². The van der Waals surface area contributed by atoms with E-state index in [9.17, 15) is 4.79 Å². The maximum Gasteiger partial charge on any atom is 0.318 e. The summed E-state index contributed by atoms with van der Waals surface area (Å²) >= 11 is 1.36. The monoisotopic (exact) mass is 334 g/mol. The Bertz CT molecular complexity index is 701. The minimum absolute atomic E-state index is 0.266. The van der Waals surface area contributed by atoms with Gasteiger partial charge in [0.15, 0.2) is 5.16 Å². The summed E-state index contributed by atoms with van der Waals surface area (Å²) in [6.45, 7) is 3.40. The summed E-state index contributed by atoms with van der Waals surface area (Å²) in [5.74, 6) is 1.34. The fraction of sp³-hybridized carbons (Fsp3) is 0.400. The number of carbonyl (C=O) groups excluding carboxylic acids is 1. The van der Waals surface area contributed by atoms with Crippen LogP contribution >= 0.6 is 11.8 Å². The second-order valence-corrected chi connectivity index (χ2v) is 6.38. The van der Waals surface area contributed by atoms with E-state index in [0.29, 0.717) is 0 Å². The third-order valence-electron chi connectivity index (χ3n) is 3.69. The van der Waals surface area contributed by atoms with Crippen LogP contribution in [0.4, 0.5) is 11.6 Å². The van der Waals surface area contributed by atoms with E-state index < -0.39 is 0 Å². The van der Waals surface area contributed by atoms with Crippen LogP contribution in [0.25, 0.3) is 0 Å². The molecule has 0 fully saturated rings. The number of benzene rings is 1. The average molecular weight is 334 g/mol. The highest BCUT2D eigenvalue weighted by Crippen LogP contribution is 2.34. The molecule has 0 saturated carbocycles. The lowest BCUT2D eigenvalue weighted by atomic mass is 10.3. The minimum Gasteiger partial charge on any atom is -0.497 e. The third kappa shape index (κ3) is 2.98. The number of methoxy groups -OCH3 is 2. The number of ether oxygens (including phenoxy) is 2. The molecule has 1 unspecified atom stereocenters. The maximum atomic E-state index is 11.6. The predicted molar refractivity (Wildman–Crippen MR) is 87.4 cm³/mol. The van der Waals surface area contributed by atoms with Crippen LogP contribution in [0.5, 0.6) is 5.75 Å². The molecule has 23 heavy (non-hydrogen) atoms. The predicted octanol–water partition coefficient (Wildman–Crippen LogP) is 2.09. The molecular weight excluding hydrogens is 316 g/mol. The zero-order valence-corrected chi connectivity index (χ0v) is 14.0. The molecule has 122 valence electrons. The minimum atomic E-state index is -0.316. The van der Waals surface area contributed by atoms with Gasteiger partial charge in [-0.15, -0.1) is 10.2 Å². The standard InChI is InChI=1S/C15H18N4O3S/c1-10(13(20)22-3)23-15-17-16-14-18(8-9-19(14)15)11-4-6-12(21-2)7-5-11/h4-7,10H,8-9H2,1-3H3. The molecule has 0 spiro atoms. The van der Waals surface area contributed by atoms with Gasteiger partial charge in [0.1, 0.15) is 11.0 Å². The number of nitrogens with zero attached hydrogens (tertiary/aromatic N) is 4. The lowest BCUT2D eigenvalue weighted by Crippen LogP contribution is -2.15. The molecule has 0 N–H and O–H groups in total. The smallest absolute Gasteiger partial charge is 0.318 e.